The zero-order valence-corrected chi connectivity index (χ0v) is 12.6. The molecule has 0 bridgehead atoms. The number of hydrogen-bond acceptors (Lipinski definition) is 4. The van der Waals surface area contributed by atoms with Gasteiger partial charge >= 0.3 is 0 Å². The first-order valence-electron chi connectivity index (χ1n) is 6.55. The van der Waals surface area contributed by atoms with Crippen molar-refractivity contribution in [2.45, 2.75) is 6.54 Å². The van der Waals surface area contributed by atoms with Gasteiger partial charge in [-0.3, -0.25) is 5.10 Å². The lowest BCUT2D eigenvalue weighted by Crippen LogP contribution is -2.00. The molecule has 0 atom stereocenters. The molecule has 1 aliphatic rings. The maximum absolute atomic E-state index is 5.42. The number of anilines is 1. The molecular weight excluding hydrogens is 334 g/mol. The smallest absolute Gasteiger partial charge is 0.231 e. The fourth-order valence-corrected chi connectivity index (χ4v) is 2.87. The molecule has 0 amide bonds. The number of nitrogens with zero attached hydrogens (tertiary/aromatic N) is 1. The number of ether oxygens (including phenoxy) is 2. The van der Waals surface area contributed by atoms with Crippen molar-refractivity contribution in [2.24, 2.45) is 0 Å². The molecule has 0 saturated carbocycles. The number of rotatable bonds is 3. The van der Waals surface area contributed by atoms with E-state index >= 15 is 0 Å². The van der Waals surface area contributed by atoms with Gasteiger partial charge in [0.15, 0.2) is 11.5 Å². The maximum Gasteiger partial charge on any atom is 0.231 e. The topological polar surface area (TPSA) is 59.2 Å². The highest BCUT2D eigenvalue weighted by molar-refractivity contribution is 9.10. The Kier molecular flexibility index (Phi) is 2.96. The van der Waals surface area contributed by atoms with Crippen molar-refractivity contribution in [3.8, 4) is 11.5 Å². The molecule has 2 N–H and O–H groups in total. The van der Waals surface area contributed by atoms with Gasteiger partial charge in [-0.05, 0) is 29.8 Å². The zero-order valence-electron chi connectivity index (χ0n) is 11.0. The zero-order chi connectivity index (χ0) is 14.2. The summed E-state index contributed by atoms with van der Waals surface area (Å²) in [5, 5.41) is 11.6. The van der Waals surface area contributed by atoms with Crippen molar-refractivity contribution in [3.63, 3.8) is 0 Å². The molecular formula is C15H12BrN3O2. The lowest BCUT2D eigenvalue weighted by molar-refractivity contribution is 0.174. The number of halogens is 1. The highest BCUT2D eigenvalue weighted by Gasteiger charge is 2.16. The van der Waals surface area contributed by atoms with Crippen LogP contribution in [0.5, 0.6) is 11.5 Å². The lowest BCUT2D eigenvalue weighted by Gasteiger charge is -2.10. The average Bonchev–Trinajstić information content (AvgIpc) is 3.12. The van der Waals surface area contributed by atoms with Gasteiger partial charge in [-0.1, -0.05) is 22.0 Å². The van der Waals surface area contributed by atoms with Crippen LogP contribution in [0.1, 0.15) is 5.56 Å². The Morgan fingerprint density at radius 1 is 1.24 bits per heavy atom. The molecule has 1 aliphatic heterocycles. The molecule has 21 heavy (non-hydrogen) atoms. The summed E-state index contributed by atoms with van der Waals surface area (Å²) < 4.78 is 11.8. The number of hydrogen-bond donors (Lipinski definition) is 2. The highest BCUT2D eigenvalue weighted by atomic mass is 79.9. The quantitative estimate of drug-likeness (QED) is 0.760. The van der Waals surface area contributed by atoms with Gasteiger partial charge in [-0.25, -0.2) is 0 Å². The predicted octanol–water partition coefficient (Wildman–Crippen LogP) is 3.67. The molecule has 1 aromatic heterocycles. The van der Waals surface area contributed by atoms with E-state index < -0.39 is 0 Å². The van der Waals surface area contributed by atoms with Crippen LogP contribution in [0.4, 0.5) is 5.69 Å². The number of H-pyrrole nitrogens is 1. The number of fused-ring (bicyclic) bond motifs is 2. The maximum atomic E-state index is 5.42. The molecule has 0 fully saturated rings. The van der Waals surface area contributed by atoms with E-state index in [-0.39, 0.29) is 6.79 Å². The van der Waals surface area contributed by atoms with E-state index in [1.807, 2.05) is 36.5 Å². The van der Waals surface area contributed by atoms with Crippen LogP contribution in [0.2, 0.25) is 0 Å². The van der Waals surface area contributed by atoms with Crippen LogP contribution < -0.4 is 14.8 Å². The number of nitrogens with one attached hydrogen (secondary N) is 2. The molecule has 5 nitrogen and oxygen atoms in total. The second-order valence-electron chi connectivity index (χ2n) is 4.79. The van der Waals surface area contributed by atoms with Crippen LogP contribution in [0.3, 0.4) is 0 Å². The molecule has 2 aromatic carbocycles. The summed E-state index contributed by atoms with van der Waals surface area (Å²) in [5.74, 6) is 1.57. The predicted molar refractivity (Wildman–Crippen MR) is 83.7 cm³/mol. The molecule has 6 heteroatoms. The Morgan fingerprint density at radius 3 is 3.00 bits per heavy atom. The van der Waals surface area contributed by atoms with Crippen LogP contribution in [0.15, 0.2) is 41.0 Å². The summed E-state index contributed by atoms with van der Waals surface area (Å²) in [4.78, 5) is 0. The van der Waals surface area contributed by atoms with Gasteiger partial charge in [0.05, 0.1) is 11.7 Å². The van der Waals surface area contributed by atoms with Crippen molar-refractivity contribution < 1.29 is 9.47 Å². The summed E-state index contributed by atoms with van der Waals surface area (Å²) in [5.41, 5.74) is 3.18. The number of benzene rings is 2. The summed E-state index contributed by atoms with van der Waals surface area (Å²) in [7, 11) is 0. The Bertz CT molecular complexity index is 816. The van der Waals surface area contributed by atoms with Gasteiger partial charge in [-0.2, -0.15) is 5.10 Å². The summed E-state index contributed by atoms with van der Waals surface area (Å²) in [6, 6.07) is 9.98. The summed E-state index contributed by atoms with van der Waals surface area (Å²) in [6.07, 6.45) is 1.83. The highest BCUT2D eigenvalue weighted by Crippen LogP contribution is 2.37. The monoisotopic (exact) mass is 345 g/mol. The third kappa shape index (κ3) is 2.21. The molecule has 0 radical (unpaired) electrons. The Labute approximate surface area is 129 Å². The fourth-order valence-electron chi connectivity index (χ4n) is 2.41. The van der Waals surface area contributed by atoms with Gasteiger partial charge < -0.3 is 14.8 Å². The number of aromatic nitrogens is 2. The molecule has 4 rings (SSSR count). The second kappa shape index (κ2) is 4.96. The third-order valence-corrected chi connectivity index (χ3v) is 4.23. The van der Waals surface area contributed by atoms with E-state index in [1.165, 1.54) is 0 Å². The van der Waals surface area contributed by atoms with Crippen molar-refractivity contribution in [1.29, 1.82) is 0 Å². The largest absolute Gasteiger partial charge is 0.454 e. The standard InChI is InChI=1S/C15H12BrN3O2/c16-11-5-15-14(20-8-21-15)4-9(11)6-17-12-2-1-3-13-10(12)7-18-19-13/h1-5,7,17H,6,8H2,(H,18,19). The van der Waals surface area contributed by atoms with Gasteiger partial charge in [0, 0.05) is 22.1 Å². The SMILES string of the molecule is Brc1cc2c(cc1CNc1cccc3[nH]ncc13)OCO2. The third-order valence-electron chi connectivity index (χ3n) is 3.50. The van der Waals surface area contributed by atoms with Crippen molar-refractivity contribution in [2.75, 3.05) is 12.1 Å². The molecule has 0 unspecified atom stereocenters. The second-order valence-corrected chi connectivity index (χ2v) is 5.64. The van der Waals surface area contributed by atoms with E-state index in [4.69, 9.17) is 9.47 Å². The van der Waals surface area contributed by atoms with Crippen molar-refractivity contribution in [3.05, 3.63) is 46.6 Å². The molecule has 0 spiro atoms. The molecule has 0 aliphatic carbocycles. The number of aromatic amines is 1. The van der Waals surface area contributed by atoms with Crippen LogP contribution in [-0.2, 0) is 6.54 Å². The fraction of sp³-hybridized carbons (Fsp3) is 0.133. The minimum absolute atomic E-state index is 0.285. The van der Waals surface area contributed by atoms with E-state index in [0.717, 1.165) is 38.1 Å². The molecule has 0 saturated heterocycles. The van der Waals surface area contributed by atoms with E-state index in [0.29, 0.717) is 6.54 Å². The van der Waals surface area contributed by atoms with E-state index in [1.54, 1.807) is 0 Å². The van der Waals surface area contributed by atoms with Crippen molar-refractivity contribution >= 4 is 32.5 Å². The van der Waals surface area contributed by atoms with Gasteiger partial charge in [0.2, 0.25) is 6.79 Å². The Balaban J connectivity index is 1.61. The van der Waals surface area contributed by atoms with E-state index in [9.17, 15) is 0 Å². The van der Waals surface area contributed by atoms with Gasteiger partial charge in [0.25, 0.3) is 0 Å². The van der Waals surface area contributed by atoms with Crippen molar-refractivity contribution in [1.82, 2.24) is 10.2 Å². The van der Waals surface area contributed by atoms with Crippen LogP contribution in [0.25, 0.3) is 10.9 Å². The van der Waals surface area contributed by atoms with Crippen LogP contribution in [0, 0.1) is 0 Å². The summed E-state index contributed by atoms with van der Waals surface area (Å²) in [6.45, 7) is 0.967. The van der Waals surface area contributed by atoms with E-state index in [2.05, 4.69) is 31.4 Å². The minimum atomic E-state index is 0.285. The van der Waals surface area contributed by atoms with Gasteiger partial charge in [0.1, 0.15) is 0 Å². The molecule has 2 heterocycles. The lowest BCUT2D eigenvalue weighted by atomic mass is 10.1. The normalized spacial score (nSPS) is 12.8. The Morgan fingerprint density at radius 2 is 2.10 bits per heavy atom. The molecule has 3 aromatic rings. The van der Waals surface area contributed by atoms with Crippen LogP contribution >= 0.6 is 15.9 Å². The van der Waals surface area contributed by atoms with Crippen LogP contribution in [-0.4, -0.2) is 17.0 Å². The first kappa shape index (κ1) is 12.5. The molecule has 106 valence electrons. The minimum Gasteiger partial charge on any atom is -0.454 e. The first-order valence-corrected chi connectivity index (χ1v) is 7.34. The van der Waals surface area contributed by atoms with Gasteiger partial charge in [-0.15, -0.1) is 0 Å². The summed E-state index contributed by atoms with van der Waals surface area (Å²) >= 11 is 3.57. The first-order chi connectivity index (χ1) is 10.3. The Hall–Kier alpha value is -2.21. The average molecular weight is 346 g/mol.